The lowest BCUT2D eigenvalue weighted by Gasteiger charge is -2.22. The number of para-hydroxylation sites is 1. The molecule has 2 heterocycles. The Balaban J connectivity index is 1.50. The Labute approximate surface area is 147 Å². The predicted molar refractivity (Wildman–Crippen MR) is 96.4 cm³/mol. The van der Waals surface area contributed by atoms with Gasteiger partial charge in [-0.1, -0.05) is 36.4 Å². The zero-order valence-corrected chi connectivity index (χ0v) is 14.2. The fourth-order valence-electron chi connectivity index (χ4n) is 3.62. The van der Waals surface area contributed by atoms with Crippen LogP contribution in [0, 0.1) is 0 Å². The lowest BCUT2D eigenvalue weighted by molar-refractivity contribution is -0.123. The molecule has 5 heteroatoms. The maximum absolute atomic E-state index is 12.8. The molecule has 0 fully saturated rings. The highest BCUT2D eigenvalue weighted by Gasteiger charge is 2.25. The van der Waals surface area contributed by atoms with Gasteiger partial charge in [-0.15, -0.1) is 0 Å². The van der Waals surface area contributed by atoms with Crippen LogP contribution >= 0.6 is 0 Å². The Morgan fingerprint density at radius 2 is 2.08 bits per heavy atom. The first-order valence-corrected chi connectivity index (χ1v) is 8.86. The number of amides is 1. The SMILES string of the molecule is O=C(NCc1cccc2c1CCNC2)C1NCCOc2ccccc21. The summed E-state index contributed by atoms with van der Waals surface area (Å²) in [6.07, 6.45) is 1.01. The summed E-state index contributed by atoms with van der Waals surface area (Å²) < 4.78 is 5.72. The third-order valence-electron chi connectivity index (χ3n) is 4.89. The molecule has 1 unspecified atom stereocenters. The predicted octanol–water partition coefficient (Wildman–Crippen LogP) is 1.67. The molecule has 0 bridgehead atoms. The van der Waals surface area contributed by atoms with Crippen molar-refractivity contribution in [3.8, 4) is 5.75 Å². The van der Waals surface area contributed by atoms with Crippen molar-refractivity contribution >= 4 is 5.91 Å². The molecule has 1 amide bonds. The molecule has 2 aromatic rings. The van der Waals surface area contributed by atoms with E-state index in [4.69, 9.17) is 4.74 Å². The van der Waals surface area contributed by atoms with Crippen molar-refractivity contribution in [2.24, 2.45) is 0 Å². The van der Waals surface area contributed by atoms with E-state index in [1.807, 2.05) is 24.3 Å². The highest BCUT2D eigenvalue weighted by Crippen LogP contribution is 2.27. The molecule has 2 aromatic carbocycles. The van der Waals surface area contributed by atoms with Crippen molar-refractivity contribution in [2.75, 3.05) is 19.7 Å². The number of carbonyl (C=O) groups is 1. The van der Waals surface area contributed by atoms with Gasteiger partial charge in [-0.3, -0.25) is 10.1 Å². The van der Waals surface area contributed by atoms with Gasteiger partial charge < -0.3 is 15.4 Å². The molecular weight excluding hydrogens is 314 g/mol. The summed E-state index contributed by atoms with van der Waals surface area (Å²) in [6.45, 7) is 3.68. The molecule has 5 nitrogen and oxygen atoms in total. The maximum atomic E-state index is 12.8. The van der Waals surface area contributed by atoms with E-state index in [1.54, 1.807) is 0 Å². The highest BCUT2D eigenvalue weighted by molar-refractivity contribution is 5.84. The smallest absolute Gasteiger partial charge is 0.242 e. The summed E-state index contributed by atoms with van der Waals surface area (Å²) in [5.41, 5.74) is 4.82. The average molecular weight is 337 g/mol. The number of fused-ring (bicyclic) bond motifs is 2. The van der Waals surface area contributed by atoms with Crippen molar-refractivity contribution in [2.45, 2.75) is 25.6 Å². The van der Waals surface area contributed by atoms with Crippen LogP contribution in [0.3, 0.4) is 0 Å². The summed E-state index contributed by atoms with van der Waals surface area (Å²) in [5.74, 6) is 0.778. The van der Waals surface area contributed by atoms with E-state index in [0.717, 1.165) is 30.8 Å². The standard InChI is InChI=1S/C20H23N3O2/c24-20(19-17-6-1-2-7-18(17)25-11-10-22-19)23-13-15-5-3-4-14-12-21-9-8-16(14)15/h1-7,19,21-22H,8-13H2,(H,23,24). The van der Waals surface area contributed by atoms with Gasteiger partial charge in [0.2, 0.25) is 5.91 Å². The largest absolute Gasteiger partial charge is 0.492 e. The lowest BCUT2D eigenvalue weighted by Crippen LogP contribution is -2.38. The van der Waals surface area contributed by atoms with Crippen LogP contribution in [0.25, 0.3) is 0 Å². The van der Waals surface area contributed by atoms with Gasteiger partial charge in [-0.25, -0.2) is 0 Å². The third-order valence-corrected chi connectivity index (χ3v) is 4.89. The van der Waals surface area contributed by atoms with Crippen LogP contribution in [0.4, 0.5) is 0 Å². The van der Waals surface area contributed by atoms with Gasteiger partial charge in [0.25, 0.3) is 0 Å². The van der Waals surface area contributed by atoms with Crippen LogP contribution < -0.4 is 20.7 Å². The van der Waals surface area contributed by atoms with Gasteiger partial charge in [0.1, 0.15) is 18.4 Å². The number of rotatable bonds is 3. The minimum atomic E-state index is -0.375. The zero-order valence-electron chi connectivity index (χ0n) is 14.2. The van der Waals surface area contributed by atoms with Gasteiger partial charge in [-0.2, -0.15) is 0 Å². The zero-order chi connectivity index (χ0) is 17.1. The van der Waals surface area contributed by atoms with Gasteiger partial charge in [-0.05, 0) is 35.7 Å². The molecule has 0 aromatic heterocycles. The molecule has 4 rings (SSSR count). The van der Waals surface area contributed by atoms with Gasteiger partial charge in [0, 0.05) is 25.2 Å². The molecular formula is C20H23N3O2. The van der Waals surface area contributed by atoms with Crippen molar-refractivity contribution in [1.29, 1.82) is 0 Å². The molecule has 25 heavy (non-hydrogen) atoms. The molecule has 130 valence electrons. The Morgan fingerprint density at radius 1 is 1.16 bits per heavy atom. The molecule has 1 atom stereocenters. The summed E-state index contributed by atoms with van der Waals surface area (Å²) in [6, 6.07) is 13.7. The average Bonchev–Trinajstić information content (AvgIpc) is 2.88. The molecule has 0 saturated carbocycles. The van der Waals surface area contributed by atoms with Crippen LogP contribution in [0.2, 0.25) is 0 Å². The number of carbonyl (C=O) groups excluding carboxylic acids is 1. The van der Waals surface area contributed by atoms with E-state index in [2.05, 4.69) is 34.1 Å². The first kappa shape index (κ1) is 16.1. The van der Waals surface area contributed by atoms with Gasteiger partial charge in [0.15, 0.2) is 0 Å². The molecule has 0 saturated heterocycles. The quantitative estimate of drug-likeness (QED) is 0.797. The number of nitrogens with one attached hydrogen (secondary N) is 3. The van der Waals surface area contributed by atoms with E-state index in [9.17, 15) is 4.79 Å². The number of benzene rings is 2. The fraction of sp³-hybridized carbons (Fsp3) is 0.350. The normalized spacial score (nSPS) is 19.1. The van der Waals surface area contributed by atoms with Crippen LogP contribution in [-0.4, -0.2) is 25.6 Å². The first-order valence-electron chi connectivity index (χ1n) is 8.86. The van der Waals surface area contributed by atoms with Crippen LogP contribution in [0.15, 0.2) is 42.5 Å². The van der Waals surface area contributed by atoms with E-state index in [0.29, 0.717) is 19.7 Å². The molecule has 3 N–H and O–H groups in total. The van der Waals surface area contributed by atoms with E-state index < -0.39 is 0 Å². The first-order chi connectivity index (χ1) is 12.3. The van der Waals surface area contributed by atoms with Gasteiger partial charge in [0.05, 0.1) is 0 Å². The Kier molecular flexibility index (Phi) is 4.68. The highest BCUT2D eigenvalue weighted by atomic mass is 16.5. The second-order valence-corrected chi connectivity index (χ2v) is 6.47. The molecule has 0 aliphatic carbocycles. The monoisotopic (exact) mass is 337 g/mol. The van der Waals surface area contributed by atoms with Crippen LogP contribution in [0.5, 0.6) is 5.75 Å². The third kappa shape index (κ3) is 3.38. The molecule has 2 aliphatic heterocycles. The topological polar surface area (TPSA) is 62.4 Å². The number of ether oxygens (including phenoxy) is 1. The number of hydrogen-bond donors (Lipinski definition) is 3. The van der Waals surface area contributed by atoms with Crippen molar-refractivity contribution < 1.29 is 9.53 Å². The Hall–Kier alpha value is -2.37. The summed E-state index contributed by atoms with van der Waals surface area (Å²) >= 11 is 0. The van der Waals surface area contributed by atoms with Crippen molar-refractivity contribution in [3.05, 3.63) is 64.7 Å². The summed E-state index contributed by atoms with van der Waals surface area (Å²) in [7, 11) is 0. The Morgan fingerprint density at radius 3 is 3.04 bits per heavy atom. The lowest BCUT2D eigenvalue weighted by atomic mass is 9.95. The molecule has 2 aliphatic rings. The van der Waals surface area contributed by atoms with E-state index in [1.165, 1.54) is 16.7 Å². The summed E-state index contributed by atoms with van der Waals surface area (Å²) in [4.78, 5) is 12.8. The maximum Gasteiger partial charge on any atom is 0.242 e. The number of hydrogen-bond acceptors (Lipinski definition) is 4. The second-order valence-electron chi connectivity index (χ2n) is 6.47. The fourth-order valence-corrected chi connectivity index (χ4v) is 3.62. The van der Waals surface area contributed by atoms with Crippen LogP contribution in [0.1, 0.15) is 28.3 Å². The second kappa shape index (κ2) is 7.25. The Bertz CT molecular complexity index is 775. The van der Waals surface area contributed by atoms with Crippen molar-refractivity contribution in [1.82, 2.24) is 16.0 Å². The minimum absolute atomic E-state index is 0.00973. The van der Waals surface area contributed by atoms with Crippen LogP contribution in [-0.2, 0) is 24.3 Å². The minimum Gasteiger partial charge on any atom is -0.492 e. The van der Waals surface area contributed by atoms with E-state index in [-0.39, 0.29) is 11.9 Å². The van der Waals surface area contributed by atoms with Gasteiger partial charge >= 0.3 is 0 Å². The molecule has 0 spiro atoms. The molecule has 0 radical (unpaired) electrons. The van der Waals surface area contributed by atoms with Crippen molar-refractivity contribution in [3.63, 3.8) is 0 Å². The summed E-state index contributed by atoms with van der Waals surface area (Å²) in [5, 5.41) is 9.79. The van der Waals surface area contributed by atoms with E-state index >= 15 is 0 Å².